The number of anilines is 1. The minimum absolute atomic E-state index is 0.0265. The maximum Gasteiger partial charge on any atom is 0.416 e. The molecule has 2 aliphatic rings. The average Bonchev–Trinajstić information content (AvgIpc) is 3.53. The van der Waals surface area contributed by atoms with Gasteiger partial charge in [0.1, 0.15) is 5.82 Å². The Morgan fingerprint density at radius 3 is 2.74 bits per heavy atom. The van der Waals surface area contributed by atoms with Gasteiger partial charge < -0.3 is 5.73 Å². The molecule has 0 bridgehead atoms. The van der Waals surface area contributed by atoms with E-state index in [9.17, 15) is 23.2 Å². The number of carbonyl (C=O) groups is 1. The van der Waals surface area contributed by atoms with Gasteiger partial charge >= 0.3 is 6.18 Å². The van der Waals surface area contributed by atoms with Crippen molar-refractivity contribution in [1.82, 2.24) is 10.2 Å². The predicted molar refractivity (Wildman–Crippen MR) is 142 cm³/mol. The van der Waals surface area contributed by atoms with E-state index < -0.39 is 17.7 Å². The number of benzene rings is 1. The second-order valence-electron chi connectivity index (χ2n) is 9.87. The number of nitrogens with zero attached hydrogens (tertiary/aromatic N) is 4. The van der Waals surface area contributed by atoms with Crippen LogP contribution in [0.2, 0.25) is 0 Å². The molecule has 2 aromatic heterocycles. The summed E-state index contributed by atoms with van der Waals surface area (Å²) in [5, 5.41) is 22.9. The number of alkyl halides is 3. The number of thioether (sulfide) groups is 1. The van der Waals surface area contributed by atoms with Crippen molar-refractivity contribution in [3.05, 3.63) is 80.4 Å². The quantitative estimate of drug-likeness (QED) is 0.334. The van der Waals surface area contributed by atoms with E-state index in [4.69, 9.17) is 5.73 Å². The number of carbonyl (C=O) groups excluding carboxylic acids is 1. The van der Waals surface area contributed by atoms with Gasteiger partial charge in [-0.15, -0.1) is 10.2 Å². The maximum atomic E-state index is 13.5. The highest BCUT2D eigenvalue weighted by Gasteiger charge is 2.45. The summed E-state index contributed by atoms with van der Waals surface area (Å²) in [4.78, 5) is 15.2. The molecule has 1 atom stereocenters. The Balaban J connectivity index is 1.50. The highest BCUT2D eigenvalue weighted by molar-refractivity contribution is 8.00. The minimum Gasteiger partial charge on any atom is -0.384 e. The van der Waals surface area contributed by atoms with Gasteiger partial charge in [-0.05, 0) is 45.9 Å². The van der Waals surface area contributed by atoms with Gasteiger partial charge in [-0.1, -0.05) is 55.1 Å². The highest BCUT2D eigenvalue weighted by atomic mass is 32.2. The number of thiophene rings is 1. The van der Waals surface area contributed by atoms with Gasteiger partial charge in [0.2, 0.25) is 5.13 Å². The summed E-state index contributed by atoms with van der Waals surface area (Å²) in [5.41, 5.74) is 8.50. The molecule has 196 valence electrons. The second kappa shape index (κ2) is 9.87. The second-order valence-corrected chi connectivity index (χ2v) is 12.8. The molecule has 2 N–H and O–H groups in total. The Morgan fingerprint density at radius 1 is 1.26 bits per heavy atom. The fourth-order valence-electron chi connectivity index (χ4n) is 4.83. The van der Waals surface area contributed by atoms with Crippen LogP contribution in [0.1, 0.15) is 49.3 Å². The summed E-state index contributed by atoms with van der Waals surface area (Å²) in [6.07, 6.45) is -3.50. The number of hydrogen-bond donors (Lipinski definition) is 1. The van der Waals surface area contributed by atoms with E-state index in [-0.39, 0.29) is 28.3 Å². The molecular weight excluding hydrogens is 552 g/mol. The predicted octanol–water partition coefficient (Wildman–Crippen LogP) is 6.85. The molecule has 6 nitrogen and oxygen atoms in total. The Hall–Kier alpha value is -3.14. The zero-order valence-corrected chi connectivity index (χ0v) is 22.8. The number of hydrogen-bond acceptors (Lipinski definition) is 9. The van der Waals surface area contributed by atoms with E-state index in [1.54, 1.807) is 11.0 Å². The summed E-state index contributed by atoms with van der Waals surface area (Å²) in [7, 11) is 0. The van der Waals surface area contributed by atoms with E-state index in [2.05, 4.69) is 16.3 Å². The van der Waals surface area contributed by atoms with E-state index in [1.807, 2.05) is 30.7 Å². The van der Waals surface area contributed by atoms with Gasteiger partial charge in [0.05, 0.1) is 23.1 Å². The molecule has 0 saturated heterocycles. The zero-order chi connectivity index (χ0) is 27.2. The standard InChI is InChI=1S/C26H22F3N5OS3/c1-25(2)9-18-21(19(35)10-25)20(15-6-7-36-13-15)17(11-30)22(31)34(18)23-32-33-24(38-23)37-12-14-4-3-5-16(8-14)26(27,28)29/h3-8,13,20H,9-10,12,31H2,1-2H3. The monoisotopic (exact) mass is 573 g/mol. The van der Waals surface area contributed by atoms with Crippen LogP contribution in [0.25, 0.3) is 0 Å². The van der Waals surface area contributed by atoms with Crippen molar-refractivity contribution in [1.29, 1.82) is 5.26 Å². The molecular formula is C26H22F3N5OS3. The lowest BCUT2D eigenvalue weighted by molar-refractivity contribution is -0.137. The Kier molecular flexibility index (Phi) is 6.87. The largest absolute Gasteiger partial charge is 0.416 e. The summed E-state index contributed by atoms with van der Waals surface area (Å²) in [5.74, 6) is -0.0869. The zero-order valence-electron chi connectivity index (χ0n) is 20.4. The van der Waals surface area contributed by atoms with Crippen molar-refractivity contribution >= 4 is 45.4 Å². The number of allylic oxidation sites excluding steroid dienone is 3. The van der Waals surface area contributed by atoms with Gasteiger partial charge in [0.15, 0.2) is 10.1 Å². The summed E-state index contributed by atoms with van der Waals surface area (Å²) >= 11 is 3.97. The molecule has 3 heterocycles. The number of ketones is 1. The number of rotatable bonds is 5. The maximum absolute atomic E-state index is 13.5. The molecule has 1 aromatic carbocycles. The normalized spacial score (nSPS) is 19.5. The third-order valence-corrected chi connectivity index (χ3v) is 9.28. The van der Waals surface area contributed by atoms with E-state index in [0.717, 1.165) is 17.7 Å². The van der Waals surface area contributed by atoms with Crippen LogP contribution in [0.15, 0.2) is 68.1 Å². The Bertz CT molecular complexity index is 1500. The third kappa shape index (κ3) is 4.98. The molecule has 1 unspecified atom stereocenters. The van der Waals surface area contributed by atoms with Gasteiger partial charge in [-0.25, -0.2) is 0 Å². The number of nitrogens with two attached hydrogens (primary N) is 1. The van der Waals surface area contributed by atoms with Crippen molar-refractivity contribution in [2.45, 2.75) is 48.9 Å². The number of Topliss-reactive ketones (excluding diaryl/α,β-unsaturated/α-hetero) is 1. The third-order valence-electron chi connectivity index (χ3n) is 6.46. The molecule has 1 aliphatic heterocycles. The smallest absolute Gasteiger partial charge is 0.384 e. The fraction of sp³-hybridized carbons (Fsp3) is 0.308. The first-order valence-electron chi connectivity index (χ1n) is 11.6. The van der Waals surface area contributed by atoms with Crippen molar-refractivity contribution in [3.8, 4) is 6.07 Å². The molecule has 0 radical (unpaired) electrons. The van der Waals surface area contributed by atoms with Crippen LogP contribution in [0.4, 0.5) is 18.3 Å². The number of aromatic nitrogens is 2. The number of nitriles is 1. The van der Waals surface area contributed by atoms with Gasteiger partial charge in [-0.2, -0.15) is 29.8 Å². The molecule has 12 heteroatoms. The van der Waals surface area contributed by atoms with Crippen LogP contribution in [-0.2, 0) is 16.7 Å². The molecule has 38 heavy (non-hydrogen) atoms. The summed E-state index contributed by atoms with van der Waals surface area (Å²) in [6, 6.07) is 9.30. The average molecular weight is 574 g/mol. The van der Waals surface area contributed by atoms with Gasteiger partial charge in [0.25, 0.3) is 0 Å². The first-order chi connectivity index (χ1) is 18.0. The van der Waals surface area contributed by atoms with Crippen LogP contribution < -0.4 is 10.6 Å². The topological polar surface area (TPSA) is 95.9 Å². The van der Waals surface area contributed by atoms with E-state index in [0.29, 0.717) is 39.1 Å². The van der Waals surface area contributed by atoms with Crippen molar-refractivity contribution < 1.29 is 18.0 Å². The van der Waals surface area contributed by atoms with Crippen LogP contribution in [0, 0.1) is 16.7 Å². The lowest BCUT2D eigenvalue weighted by atomic mass is 9.69. The van der Waals surface area contributed by atoms with E-state index >= 15 is 0 Å². The highest BCUT2D eigenvalue weighted by Crippen LogP contribution is 2.51. The molecule has 3 aromatic rings. The molecule has 0 saturated carbocycles. The van der Waals surface area contributed by atoms with Crippen molar-refractivity contribution in [2.75, 3.05) is 4.90 Å². The van der Waals surface area contributed by atoms with Crippen LogP contribution >= 0.6 is 34.4 Å². The molecule has 0 amide bonds. The molecule has 0 fully saturated rings. The lowest BCUT2D eigenvalue weighted by Crippen LogP contribution is -2.42. The first-order valence-corrected chi connectivity index (χ1v) is 14.3. The summed E-state index contributed by atoms with van der Waals surface area (Å²) < 4.78 is 39.8. The summed E-state index contributed by atoms with van der Waals surface area (Å²) in [6.45, 7) is 4.03. The molecule has 5 rings (SSSR count). The minimum atomic E-state index is -4.41. The van der Waals surface area contributed by atoms with Gasteiger partial charge in [-0.3, -0.25) is 9.69 Å². The van der Waals surface area contributed by atoms with Crippen molar-refractivity contribution in [2.24, 2.45) is 11.1 Å². The Morgan fingerprint density at radius 2 is 2.05 bits per heavy atom. The van der Waals surface area contributed by atoms with Crippen molar-refractivity contribution in [3.63, 3.8) is 0 Å². The van der Waals surface area contributed by atoms with Crippen LogP contribution in [0.5, 0.6) is 0 Å². The molecule has 0 spiro atoms. The van der Waals surface area contributed by atoms with Crippen LogP contribution in [0.3, 0.4) is 0 Å². The first kappa shape index (κ1) is 26.5. The van der Waals surface area contributed by atoms with Crippen LogP contribution in [-0.4, -0.2) is 16.0 Å². The SMILES string of the molecule is CC1(C)CC(=O)C2=C(C1)N(c1nnc(SCc3cccc(C(F)(F)F)c3)s1)C(N)=C(C#N)C2c1ccsc1. The van der Waals surface area contributed by atoms with E-state index in [1.165, 1.54) is 40.5 Å². The fourth-order valence-corrected chi connectivity index (χ4v) is 7.34. The lowest BCUT2D eigenvalue weighted by Gasteiger charge is -2.42. The molecule has 1 aliphatic carbocycles. The Labute approximate surface area is 229 Å². The number of halogens is 3. The van der Waals surface area contributed by atoms with Gasteiger partial charge in [0, 0.05) is 23.4 Å².